The first kappa shape index (κ1) is 22.2. The Morgan fingerprint density at radius 2 is 1.88 bits per heavy atom. The number of fused-ring (bicyclic) bond motifs is 1. The molecule has 1 N–H and O–H groups in total. The number of carbonyl (C=O) groups is 1. The molecule has 0 bridgehead atoms. The predicted octanol–water partition coefficient (Wildman–Crippen LogP) is 5.17. The standard InChI is InChI=1S/C29H30N4O/c1-20-5-8-22(9-6-20)18-33-13-11-23(19-33)16-31-29(34)26-15-28(24-4-3-12-30-17-24)32-27-10-7-21(2)14-25(26)27/h3-10,12,14-15,17,23H,11,13,16,18-19H2,1-2H3,(H,31,34). The summed E-state index contributed by atoms with van der Waals surface area (Å²) in [7, 11) is 0. The molecule has 5 heteroatoms. The van der Waals surface area contributed by atoms with Crippen LogP contribution in [0.15, 0.2) is 73.1 Å². The van der Waals surface area contributed by atoms with Crippen molar-refractivity contribution in [3.8, 4) is 11.3 Å². The molecule has 2 aromatic carbocycles. The lowest BCUT2D eigenvalue weighted by molar-refractivity contribution is 0.0949. The minimum atomic E-state index is -0.0416. The molecule has 4 aromatic rings. The van der Waals surface area contributed by atoms with E-state index < -0.39 is 0 Å². The van der Waals surface area contributed by atoms with Crippen LogP contribution in [-0.4, -0.2) is 40.4 Å². The lowest BCUT2D eigenvalue weighted by atomic mass is 10.0. The molecular formula is C29H30N4O. The van der Waals surface area contributed by atoms with Gasteiger partial charge in [-0.15, -0.1) is 0 Å². The fourth-order valence-corrected chi connectivity index (χ4v) is 4.70. The van der Waals surface area contributed by atoms with Gasteiger partial charge in [0.1, 0.15) is 0 Å². The average Bonchev–Trinajstić information content (AvgIpc) is 3.31. The predicted molar refractivity (Wildman–Crippen MR) is 137 cm³/mol. The maximum absolute atomic E-state index is 13.3. The normalized spacial score (nSPS) is 16.1. The number of benzene rings is 2. The third kappa shape index (κ3) is 5.00. The van der Waals surface area contributed by atoms with Gasteiger partial charge < -0.3 is 5.32 Å². The number of carbonyl (C=O) groups excluding carboxylic acids is 1. The molecule has 0 saturated carbocycles. The molecule has 172 valence electrons. The summed E-state index contributed by atoms with van der Waals surface area (Å²) in [6.45, 7) is 7.87. The van der Waals surface area contributed by atoms with Gasteiger partial charge in [-0.2, -0.15) is 0 Å². The van der Waals surface area contributed by atoms with Crippen LogP contribution < -0.4 is 5.32 Å². The molecule has 1 atom stereocenters. The number of likely N-dealkylation sites (tertiary alicyclic amines) is 1. The maximum atomic E-state index is 13.3. The van der Waals surface area contributed by atoms with Crippen LogP contribution in [0.25, 0.3) is 22.2 Å². The molecule has 1 unspecified atom stereocenters. The lowest BCUT2D eigenvalue weighted by Gasteiger charge is -2.17. The van der Waals surface area contributed by atoms with Gasteiger partial charge in [0.25, 0.3) is 5.91 Å². The van der Waals surface area contributed by atoms with Gasteiger partial charge in [-0.25, -0.2) is 4.98 Å². The minimum absolute atomic E-state index is 0.0416. The van der Waals surface area contributed by atoms with E-state index in [0.717, 1.165) is 53.8 Å². The van der Waals surface area contributed by atoms with Gasteiger partial charge in [0.15, 0.2) is 0 Å². The van der Waals surface area contributed by atoms with Crippen LogP contribution in [-0.2, 0) is 6.54 Å². The number of aryl methyl sites for hydroxylation is 2. The van der Waals surface area contributed by atoms with Crippen molar-refractivity contribution in [1.82, 2.24) is 20.2 Å². The largest absolute Gasteiger partial charge is 0.352 e. The lowest BCUT2D eigenvalue weighted by Crippen LogP contribution is -2.31. The first-order chi connectivity index (χ1) is 16.5. The van der Waals surface area contributed by atoms with E-state index in [2.05, 4.69) is 46.4 Å². The van der Waals surface area contributed by atoms with E-state index in [0.29, 0.717) is 18.0 Å². The summed E-state index contributed by atoms with van der Waals surface area (Å²) >= 11 is 0. The molecule has 1 aliphatic rings. The van der Waals surface area contributed by atoms with E-state index in [4.69, 9.17) is 4.98 Å². The number of nitrogens with one attached hydrogen (secondary N) is 1. The molecule has 0 spiro atoms. The van der Waals surface area contributed by atoms with Gasteiger partial charge in [-0.3, -0.25) is 14.7 Å². The summed E-state index contributed by atoms with van der Waals surface area (Å²) in [4.78, 5) is 24.8. The van der Waals surface area contributed by atoms with E-state index in [9.17, 15) is 4.79 Å². The van der Waals surface area contributed by atoms with Gasteiger partial charge in [-0.1, -0.05) is 41.5 Å². The number of hydrogen-bond acceptors (Lipinski definition) is 4. The number of aromatic nitrogens is 2. The van der Waals surface area contributed by atoms with Crippen LogP contribution in [0.2, 0.25) is 0 Å². The van der Waals surface area contributed by atoms with Crippen molar-refractivity contribution in [3.05, 3.63) is 95.3 Å². The van der Waals surface area contributed by atoms with E-state index in [1.807, 2.05) is 43.3 Å². The molecule has 34 heavy (non-hydrogen) atoms. The zero-order valence-corrected chi connectivity index (χ0v) is 19.8. The first-order valence-corrected chi connectivity index (χ1v) is 11.9. The number of hydrogen-bond donors (Lipinski definition) is 1. The van der Waals surface area contributed by atoms with E-state index in [1.54, 1.807) is 12.4 Å². The van der Waals surface area contributed by atoms with E-state index in [1.165, 1.54) is 11.1 Å². The highest BCUT2D eigenvalue weighted by Gasteiger charge is 2.23. The second kappa shape index (κ2) is 9.74. The Morgan fingerprint density at radius 3 is 2.68 bits per heavy atom. The average molecular weight is 451 g/mol. The van der Waals surface area contributed by atoms with E-state index in [-0.39, 0.29) is 5.91 Å². The molecule has 1 saturated heterocycles. The Morgan fingerprint density at radius 1 is 1.06 bits per heavy atom. The Balaban J connectivity index is 1.29. The third-order valence-corrected chi connectivity index (χ3v) is 6.61. The van der Waals surface area contributed by atoms with Crippen LogP contribution >= 0.6 is 0 Å². The fraction of sp³-hybridized carbons (Fsp3) is 0.276. The van der Waals surface area contributed by atoms with Crippen molar-refractivity contribution in [1.29, 1.82) is 0 Å². The third-order valence-electron chi connectivity index (χ3n) is 6.61. The van der Waals surface area contributed by atoms with Gasteiger partial charge in [0.05, 0.1) is 16.8 Å². The molecule has 2 aromatic heterocycles. The fourth-order valence-electron chi connectivity index (χ4n) is 4.70. The Labute approximate surface area is 200 Å². The molecule has 1 fully saturated rings. The summed E-state index contributed by atoms with van der Waals surface area (Å²) in [5.41, 5.74) is 6.90. The second-order valence-electron chi connectivity index (χ2n) is 9.40. The molecule has 0 aliphatic carbocycles. The highest BCUT2D eigenvalue weighted by Crippen LogP contribution is 2.26. The SMILES string of the molecule is Cc1ccc(CN2CCC(CNC(=O)c3cc(-c4cccnc4)nc4ccc(C)cc34)C2)cc1. The first-order valence-electron chi connectivity index (χ1n) is 11.9. The highest BCUT2D eigenvalue weighted by molar-refractivity contribution is 6.07. The summed E-state index contributed by atoms with van der Waals surface area (Å²) in [6.07, 6.45) is 4.62. The highest BCUT2D eigenvalue weighted by atomic mass is 16.1. The Bertz CT molecular complexity index is 1300. The summed E-state index contributed by atoms with van der Waals surface area (Å²) in [5, 5.41) is 4.10. The molecule has 5 nitrogen and oxygen atoms in total. The number of rotatable bonds is 6. The summed E-state index contributed by atoms with van der Waals surface area (Å²) in [6, 6.07) is 20.6. The van der Waals surface area contributed by atoms with Crippen LogP contribution in [0.4, 0.5) is 0 Å². The Kier molecular flexibility index (Phi) is 6.37. The summed E-state index contributed by atoms with van der Waals surface area (Å²) < 4.78 is 0. The topological polar surface area (TPSA) is 58.1 Å². The molecular weight excluding hydrogens is 420 g/mol. The summed E-state index contributed by atoms with van der Waals surface area (Å²) in [5.74, 6) is 0.419. The van der Waals surface area contributed by atoms with Crippen molar-refractivity contribution in [2.24, 2.45) is 5.92 Å². The monoisotopic (exact) mass is 450 g/mol. The van der Waals surface area contributed by atoms with Crippen molar-refractivity contribution >= 4 is 16.8 Å². The minimum Gasteiger partial charge on any atom is -0.352 e. The molecule has 0 radical (unpaired) electrons. The molecule has 5 rings (SSSR count). The van der Waals surface area contributed by atoms with Crippen LogP contribution in [0.5, 0.6) is 0 Å². The van der Waals surface area contributed by atoms with Crippen LogP contribution in [0.3, 0.4) is 0 Å². The van der Waals surface area contributed by atoms with Crippen molar-refractivity contribution in [2.75, 3.05) is 19.6 Å². The van der Waals surface area contributed by atoms with Crippen LogP contribution in [0, 0.1) is 19.8 Å². The number of nitrogens with zero attached hydrogens (tertiary/aromatic N) is 3. The number of amides is 1. The van der Waals surface area contributed by atoms with Crippen molar-refractivity contribution in [3.63, 3.8) is 0 Å². The van der Waals surface area contributed by atoms with Gasteiger partial charge in [0.2, 0.25) is 0 Å². The number of pyridine rings is 2. The molecule has 3 heterocycles. The zero-order valence-electron chi connectivity index (χ0n) is 19.8. The zero-order chi connectivity index (χ0) is 23.5. The van der Waals surface area contributed by atoms with Gasteiger partial charge in [0, 0.05) is 43.0 Å². The second-order valence-corrected chi connectivity index (χ2v) is 9.40. The smallest absolute Gasteiger partial charge is 0.252 e. The van der Waals surface area contributed by atoms with Crippen molar-refractivity contribution < 1.29 is 4.79 Å². The molecule has 1 amide bonds. The van der Waals surface area contributed by atoms with Gasteiger partial charge >= 0.3 is 0 Å². The Hall–Kier alpha value is -3.57. The quantitative estimate of drug-likeness (QED) is 0.441. The van der Waals surface area contributed by atoms with E-state index >= 15 is 0 Å². The van der Waals surface area contributed by atoms with Crippen molar-refractivity contribution in [2.45, 2.75) is 26.8 Å². The van der Waals surface area contributed by atoms with Gasteiger partial charge in [-0.05, 0) is 68.6 Å². The molecule has 1 aliphatic heterocycles. The maximum Gasteiger partial charge on any atom is 0.252 e. The van der Waals surface area contributed by atoms with Crippen LogP contribution in [0.1, 0.15) is 33.5 Å².